The molecule has 2 atom stereocenters. The van der Waals surface area contributed by atoms with Crippen LogP contribution in [0.25, 0.3) is 0 Å². The zero-order chi connectivity index (χ0) is 16.7. The highest BCUT2D eigenvalue weighted by Gasteiger charge is 2.28. The van der Waals surface area contributed by atoms with Gasteiger partial charge in [-0.15, -0.1) is 0 Å². The van der Waals surface area contributed by atoms with Gasteiger partial charge in [-0.2, -0.15) is 0 Å². The molecule has 6 heteroatoms. The lowest BCUT2D eigenvalue weighted by atomic mass is 10.0. The fourth-order valence-electron chi connectivity index (χ4n) is 2.74. The fraction of sp³-hybridized carbons (Fsp3) is 0.529. The molecule has 1 fully saturated rings. The van der Waals surface area contributed by atoms with Gasteiger partial charge in [-0.05, 0) is 31.7 Å². The number of amides is 2. The van der Waals surface area contributed by atoms with E-state index in [1.54, 1.807) is 11.8 Å². The largest absolute Gasteiger partial charge is 0.445 e. The molecule has 23 heavy (non-hydrogen) atoms. The molecule has 126 valence electrons. The van der Waals surface area contributed by atoms with Crippen molar-refractivity contribution in [2.24, 2.45) is 5.73 Å². The van der Waals surface area contributed by atoms with Crippen LogP contribution < -0.4 is 11.1 Å². The van der Waals surface area contributed by atoms with Gasteiger partial charge in [0.25, 0.3) is 0 Å². The zero-order valence-corrected chi connectivity index (χ0v) is 13.5. The van der Waals surface area contributed by atoms with E-state index in [-0.39, 0.29) is 18.6 Å². The van der Waals surface area contributed by atoms with Gasteiger partial charge in [0.15, 0.2) is 0 Å². The van der Waals surface area contributed by atoms with Crippen molar-refractivity contribution in [3.05, 3.63) is 35.9 Å². The van der Waals surface area contributed by atoms with Crippen LogP contribution in [0.15, 0.2) is 30.3 Å². The van der Waals surface area contributed by atoms with Crippen LogP contribution in [0.4, 0.5) is 4.79 Å². The number of ether oxygens (including phenoxy) is 1. The fourth-order valence-corrected chi connectivity index (χ4v) is 2.74. The van der Waals surface area contributed by atoms with Crippen LogP contribution in [0.2, 0.25) is 0 Å². The summed E-state index contributed by atoms with van der Waals surface area (Å²) < 4.78 is 5.18. The van der Waals surface area contributed by atoms with Gasteiger partial charge in [-0.25, -0.2) is 4.79 Å². The second-order valence-corrected chi connectivity index (χ2v) is 5.91. The van der Waals surface area contributed by atoms with E-state index in [1.807, 2.05) is 30.3 Å². The predicted molar refractivity (Wildman–Crippen MR) is 87.6 cm³/mol. The predicted octanol–water partition coefficient (Wildman–Crippen LogP) is 1.64. The maximum atomic E-state index is 12.1. The molecule has 6 nitrogen and oxygen atoms in total. The van der Waals surface area contributed by atoms with Gasteiger partial charge < -0.3 is 20.7 Å². The first-order valence-corrected chi connectivity index (χ1v) is 8.08. The van der Waals surface area contributed by atoms with Crippen molar-refractivity contribution < 1.29 is 14.3 Å². The lowest BCUT2D eigenvalue weighted by Gasteiger charge is -2.36. The molecule has 1 aromatic rings. The Bertz CT molecular complexity index is 519. The summed E-state index contributed by atoms with van der Waals surface area (Å²) in [7, 11) is 0. The molecule has 0 bridgehead atoms. The van der Waals surface area contributed by atoms with Crippen LogP contribution in [-0.2, 0) is 16.1 Å². The van der Waals surface area contributed by atoms with E-state index < -0.39 is 12.1 Å². The summed E-state index contributed by atoms with van der Waals surface area (Å²) in [4.78, 5) is 25.7. The van der Waals surface area contributed by atoms with Gasteiger partial charge in [-0.3, -0.25) is 4.79 Å². The van der Waals surface area contributed by atoms with E-state index >= 15 is 0 Å². The molecule has 1 heterocycles. The second kappa shape index (κ2) is 8.53. The van der Waals surface area contributed by atoms with Crippen molar-refractivity contribution in [1.82, 2.24) is 10.2 Å². The number of nitrogens with one attached hydrogen (secondary N) is 1. The molecule has 0 saturated carbocycles. The minimum atomic E-state index is -0.513. The molecule has 0 spiro atoms. The Morgan fingerprint density at radius 2 is 2.09 bits per heavy atom. The summed E-state index contributed by atoms with van der Waals surface area (Å²) in [5, 5.41) is 2.75. The Hall–Kier alpha value is -2.08. The van der Waals surface area contributed by atoms with Gasteiger partial charge in [0.1, 0.15) is 6.61 Å². The Morgan fingerprint density at radius 3 is 2.78 bits per heavy atom. The Kier molecular flexibility index (Phi) is 6.40. The number of nitrogens with zero attached hydrogens (tertiary/aromatic N) is 1. The van der Waals surface area contributed by atoms with E-state index in [9.17, 15) is 9.59 Å². The van der Waals surface area contributed by atoms with Gasteiger partial charge in [0.05, 0.1) is 6.04 Å². The summed E-state index contributed by atoms with van der Waals surface area (Å²) in [5.41, 5.74) is 6.63. The van der Waals surface area contributed by atoms with E-state index in [0.717, 1.165) is 24.8 Å². The summed E-state index contributed by atoms with van der Waals surface area (Å²) in [6.45, 7) is 3.02. The lowest BCUT2D eigenvalue weighted by molar-refractivity contribution is -0.135. The number of hydrogen-bond donors (Lipinski definition) is 2. The molecule has 1 aliphatic rings. The monoisotopic (exact) mass is 319 g/mol. The first kappa shape index (κ1) is 17.3. The number of nitrogens with two attached hydrogens (primary N) is 1. The minimum absolute atomic E-state index is 0.00785. The van der Waals surface area contributed by atoms with Crippen LogP contribution in [-0.4, -0.2) is 42.1 Å². The number of hydrogen-bond acceptors (Lipinski definition) is 4. The van der Waals surface area contributed by atoms with E-state index in [1.165, 1.54) is 0 Å². The summed E-state index contributed by atoms with van der Waals surface area (Å²) in [6, 6.07) is 8.99. The van der Waals surface area contributed by atoms with Crippen molar-refractivity contribution in [3.8, 4) is 0 Å². The molecule has 0 aromatic heterocycles. The maximum absolute atomic E-state index is 12.1. The van der Waals surface area contributed by atoms with Crippen molar-refractivity contribution in [3.63, 3.8) is 0 Å². The lowest BCUT2D eigenvalue weighted by Crippen LogP contribution is -2.53. The van der Waals surface area contributed by atoms with Gasteiger partial charge in [-0.1, -0.05) is 30.3 Å². The number of carbonyl (C=O) groups excluding carboxylic acids is 2. The molecule has 3 N–H and O–H groups in total. The number of piperidine rings is 1. The van der Waals surface area contributed by atoms with E-state index in [2.05, 4.69) is 5.32 Å². The smallest absolute Gasteiger partial charge is 0.407 e. The van der Waals surface area contributed by atoms with E-state index in [4.69, 9.17) is 10.5 Å². The normalized spacial score (nSPS) is 19.0. The number of rotatable bonds is 5. The third-order valence-electron chi connectivity index (χ3n) is 3.99. The third kappa shape index (κ3) is 5.25. The topological polar surface area (TPSA) is 84.7 Å². The van der Waals surface area contributed by atoms with Crippen molar-refractivity contribution in [1.29, 1.82) is 0 Å². The van der Waals surface area contributed by atoms with Gasteiger partial charge in [0.2, 0.25) is 5.91 Å². The zero-order valence-electron chi connectivity index (χ0n) is 13.5. The van der Waals surface area contributed by atoms with Gasteiger partial charge in [0, 0.05) is 19.1 Å². The molecule has 2 rings (SSSR count). The molecular weight excluding hydrogens is 294 g/mol. The van der Waals surface area contributed by atoms with Crippen molar-refractivity contribution >= 4 is 12.0 Å². The number of carbonyl (C=O) groups is 2. The number of alkyl carbamates (subject to hydrolysis) is 1. The molecule has 0 aliphatic carbocycles. The molecule has 0 radical (unpaired) electrons. The van der Waals surface area contributed by atoms with Crippen LogP contribution in [0.5, 0.6) is 0 Å². The van der Waals surface area contributed by atoms with Crippen LogP contribution >= 0.6 is 0 Å². The highest BCUT2D eigenvalue weighted by Crippen LogP contribution is 2.17. The number of benzene rings is 1. The average Bonchev–Trinajstić information content (AvgIpc) is 2.58. The second-order valence-electron chi connectivity index (χ2n) is 5.91. The third-order valence-corrected chi connectivity index (χ3v) is 3.99. The maximum Gasteiger partial charge on any atom is 0.407 e. The van der Waals surface area contributed by atoms with Crippen LogP contribution in [0.1, 0.15) is 31.7 Å². The average molecular weight is 319 g/mol. The molecule has 1 aromatic carbocycles. The van der Waals surface area contributed by atoms with Crippen LogP contribution in [0, 0.1) is 0 Å². The summed E-state index contributed by atoms with van der Waals surface area (Å²) >= 11 is 0. The van der Waals surface area contributed by atoms with Crippen LogP contribution in [0.3, 0.4) is 0 Å². The first-order valence-electron chi connectivity index (χ1n) is 8.08. The Morgan fingerprint density at radius 1 is 1.35 bits per heavy atom. The highest BCUT2D eigenvalue weighted by atomic mass is 16.5. The van der Waals surface area contributed by atoms with Crippen molar-refractivity contribution in [2.75, 3.05) is 13.1 Å². The standard InChI is InChI=1S/C17H25N3O3/c1-13(18)16(21)20-10-6-5-9-15(20)11-19-17(22)23-12-14-7-3-2-4-8-14/h2-4,7-8,13,15H,5-6,9-12,18H2,1H3,(H,19,22). The van der Waals surface area contributed by atoms with E-state index in [0.29, 0.717) is 13.1 Å². The quantitative estimate of drug-likeness (QED) is 0.864. The number of likely N-dealkylation sites (tertiary alicyclic amines) is 1. The summed E-state index contributed by atoms with van der Waals surface area (Å²) in [6.07, 6.45) is 2.44. The first-order chi connectivity index (χ1) is 11.1. The summed E-state index contributed by atoms with van der Waals surface area (Å²) in [5.74, 6) is -0.0610. The molecule has 1 aliphatic heterocycles. The molecule has 2 unspecified atom stereocenters. The SMILES string of the molecule is CC(N)C(=O)N1CCCCC1CNC(=O)OCc1ccccc1. The Labute approximate surface area is 137 Å². The molecule has 2 amide bonds. The minimum Gasteiger partial charge on any atom is -0.445 e. The highest BCUT2D eigenvalue weighted by molar-refractivity contribution is 5.81. The van der Waals surface area contributed by atoms with Gasteiger partial charge >= 0.3 is 6.09 Å². The Balaban J connectivity index is 1.78. The molecular formula is C17H25N3O3. The molecule has 1 saturated heterocycles. The van der Waals surface area contributed by atoms with Crippen molar-refractivity contribution in [2.45, 2.75) is 44.9 Å².